The lowest BCUT2D eigenvalue weighted by Gasteiger charge is -2.05. The summed E-state index contributed by atoms with van der Waals surface area (Å²) in [6.45, 7) is 2.84. The lowest BCUT2D eigenvalue weighted by molar-refractivity contribution is -0.687. The number of nitrogens with zero attached hydrogens (tertiary/aromatic N) is 2. The number of hydrogen-bond donors (Lipinski definition) is 1. The largest absolute Gasteiger partial charge is 0.858 e. The number of hydrogen-bond acceptors (Lipinski definition) is 2. The normalized spacial score (nSPS) is 11.1. The van der Waals surface area contributed by atoms with Gasteiger partial charge in [-0.15, -0.1) is 0 Å². The van der Waals surface area contributed by atoms with Crippen LogP contribution < -0.4 is 14.9 Å². The van der Waals surface area contributed by atoms with Crippen molar-refractivity contribution >= 4 is 5.90 Å². The first-order valence-electron chi connectivity index (χ1n) is 4.88. The predicted octanol–water partition coefficient (Wildman–Crippen LogP) is -1.74. The van der Waals surface area contributed by atoms with Gasteiger partial charge in [0, 0.05) is 24.6 Å². The summed E-state index contributed by atoms with van der Waals surface area (Å²) in [6, 6.07) is 5.74. The summed E-state index contributed by atoms with van der Waals surface area (Å²) in [5, 5.41) is 18.2. The average molecular weight is 204 g/mol. The van der Waals surface area contributed by atoms with E-state index in [-0.39, 0.29) is 12.4 Å². The Labute approximate surface area is 89.1 Å². The molecule has 0 aliphatic heterocycles. The molecular weight excluding hydrogens is 190 g/mol. The first kappa shape index (κ1) is 11.2. The van der Waals surface area contributed by atoms with Crippen molar-refractivity contribution < 1.29 is 14.9 Å². The second kappa shape index (κ2) is 5.76. The van der Waals surface area contributed by atoms with Crippen molar-refractivity contribution in [3.05, 3.63) is 30.1 Å². The van der Waals surface area contributed by atoms with Crippen LogP contribution in [0.25, 0.3) is 0 Å². The van der Waals surface area contributed by atoms with Gasteiger partial charge >= 0.3 is 6.07 Å². The molecule has 0 atom stereocenters. The molecule has 0 fully saturated rings. The molecule has 0 radical (unpaired) electrons. The van der Waals surface area contributed by atoms with E-state index in [9.17, 15) is 5.11 Å². The van der Waals surface area contributed by atoms with Crippen molar-refractivity contribution in [3.63, 3.8) is 0 Å². The number of aliphatic imine (C=N–C) groups is 1. The Kier molecular flexibility index (Phi) is 4.30. The summed E-state index contributed by atoms with van der Waals surface area (Å²) in [5.41, 5.74) is 0.698. The van der Waals surface area contributed by atoms with Gasteiger partial charge in [-0.1, -0.05) is 12.2 Å². The van der Waals surface area contributed by atoms with E-state index < -0.39 is 0 Å². The third-order valence-electron chi connectivity index (χ3n) is 1.87. The van der Waals surface area contributed by atoms with Crippen molar-refractivity contribution in [1.29, 1.82) is 0 Å². The summed E-state index contributed by atoms with van der Waals surface area (Å²) >= 11 is 0. The van der Waals surface area contributed by atoms with Crippen LogP contribution in [-0.2, 0) is 6.54 Å². The van der Waals surface area contributed by atoms with Crippen LogP contribution in [0.1, 0.15) is 18.9 Å². The second-order valence-electron chi connectivity index (χ2n) is 3.16. The van der Waals surface area contributed by atoms with Crippen molar-refractivity contribution in [3.8, 4) is 6.07 Å². The third-order valence-corrected chi connectivity index (χ3v) is 1.87. The van der Waals surface area contributed by atoms with Gasteiger partial charge in [0.25, 0.3) is 0 Å². The molecule has 0 saturated carbocycles. The summed E-state index contributed by atoms with van der Waals surface area (Å²) in [4.78, 5) is 3.87. The maximum Gasteiger partial charge on any atom is 0.308 e. The molecule has 15 heavy (non-hydrogen) atoms. The summed E-state index contributed by atoms with van der Waals surface area (Å²) in [6.07, 6.45) is 4.38. The van der Waals surface area contributed by atoms with E-state index in [0.29, 0.717) is 12.1 Å². The summed E-state index contributed by atoms with van der Waals surface area (Å²) < 4.78 is 1.74. The molecule has 4 heteroatoms. The Bertz CT molecular complexity index is 376. The lowest BCUT2D eigenvalue weighted by Crippen LogP contribution is -2.41. The topological polar surface area (TPSA) is 63.1 Å². The van der Waals surface area contributed by atoms with E-state index in [1.165, 1.54) is 0 Å². The second-order valence-corrected chi connectivity index (χ2v) is 3.16. The van der Waals surface area contributed by atoms with Crippen LogP contribution in [0.4, 0.5) is 0 Å². The molecule has 4 nitrogen and oxygen atoms in total. The Morgan fingerprint density at radius 1 is 1.53 bits per heavy atom. The Morgan fingerprint density at radius 2 is 2.20 bits per heavy atom. The molecule has 0 amide bonds. The molecule has 0 bridgehead atoms. The van der Waals surface area contributed by atoms with Gasteiger partial charge in [-0.25, -0.2) is 4.57 Å². The number of aromatic nitrogens is 1. The fourth-order valence-electron chi connectivity index (χ4n) is 1.09. The zero-order chi connectivity index (χ0) is 11.1. The van der Waals surface area contributed by atoms with E-state index in [4.69, 9.17) is 5.26 Å². The van der Waals surface area contributed by atoms with Gasteiger partial charge in [0.1, 0.15) is 5.56 Å². The Hall–Kier alpha value is -1.89. The standard InChI is InChI=1S/C11H13N3O/c1-2-5-13-11(15)9-14-6-3-10(8-12)4-7-14/h3-4,6-7H,2,5,9H2,1H3/p+1. The van der Waals surface area contributed by atoms with Crippen LogP contribution in [-0.4, -0.2) is 12.4 Å². The Morgan fingerprint density at radius 3 is 2.73 bits per heavy atom. The summed E-state index contributed by atoms with van der Waals surface area (Å²) in [5.74, 6) is -0.117. The molecule has 1 N–H and O–H groups in total. The van der Waals surface area contributed by atoms with Crippen LogP contribution >= 0.6 is 0 Å². The minimum Gasteiger partial charge on any atom is -0.858 e. The molecule has 0 spiro atoms. The van der Waals surface area contributed by atoms with Crippen molar-refractivity contribution in [2.45, 2.75) is 19.9 Å². The van der Waals surface area contributed by atoms with Gasteiger partial charge in [0.2, 0.25) is 0 Å². The first-order valence-corrected chi connectivity index (χ1v) is 4.88. The van der Waals surface area contributed by atoms with E-state index in [0.717, 1.165) is 6.42 Å². The van der Waals surface area contributed by atoms with Crippen LogP contribution in [0, 0.1) is 6.07 Å². The predicted molar refractivity (Wildman–Crippen MR) is 53.2 cm³/mol. The SMILES string of the molecule is CCCN=C([O-])C[n+]1ccc(C#[NH+])cc1. The minimum atomic E-state index is -0.117. The molecule has 1 aromatic heterocycles. The van der Waals surface area contributed by atoms with E-state index in [2.05, 4.69) is 11.1 Å². The molecule has 1 heterocycles. The number of rotatable bonds is 4. The van der Waals surface area contributed by atoms with Crippen molar-refractivity contribution in [2.24, 2.45) is 4.99 Å². The lowest BCUT2D eigenvalue weighted by atomic mass is 10.3. The maximum absolute atomic E-state index is 11.3. The molecule has 0 aliphatic rings. The minimum absolute atomic E-state index is 0.117. The number of pyridine rings is 1. The van der Waals surface area contributed by atoms with Gasteiger partial charge in [-0.3, -0.25) is 4.99 Å². The molecule has 78 valence electrons. The monoisotopic (exact) mass is 204 g/mol. The maximum atomic E-state index is 11.3. The van der Waals surface area contributed by atoms with Crippen LogP contribution in [0.3, 0.4) is 0 Å². The van der Waals surface area contributed by atoms with E-state index in [1.54, 1.807) is 29.1 Å². The van der Waals surface area contributed by atoms with Crippen LogP contribution in [0.15, 0.2) is 29.5 Å². The molecule has 0 aliphatic carbocycles. The highest BCUT2D eigenvalue weighted by Crippen LogP contribution is 1.89. The van der Waals surface area contributed by atoms with Gasteiger partial charge < -0.3 is 5.11 Å². The first-order chi connectivity index (χ1) is 7.26. The molecule has 1 rings (SSSR count). The zero-order valence-corrected chi connectivity index (χ0v) is 8.73. The molecule has 0 aromatic carbocycles. The summed E-state index contributed by atoms with van der Waals surface area (Å²) in [7, 11) is 0. The van der Waals surface area contributed by atoms with Gasteiger partial charge in [0.15, 0.2) is 18.9 Å². The molecule has 0 unspecified atom stereocenters. The van der Waals surface area contributed by atoms with Crippen molar-refractivity contribution in [2.75, 3.05) is 6.54 Å². The molecule has 1 aromatic rings. The van der Waals surface area contributed by atoms with Gasteiger partial charge in [-0.05, 0) is 6.42 Å². The number of nitrogens with one attached hydrogen (secondary N) is 1. The van der Waals surface area contributed by atoms with Crippen LogP contribution in [0.2, 0.25) is 0 Å². The zero-order valence-electron chi connectivity index (χ0n) is 8.73. The van der Waals surface area contributed by atoms with E-state index in [1.807, 2.05) is 6.92 Å². The van der Waals surface area contributed by atoms with Crippen LogP contribution in [0.5, 0.6) is 0 Å². The molecular formula is C11H14N3O+. The fourth-order valence-corrected chi connectivity index (χ4v) is 1.09. The van der Waals surface area contributed by atoms with Crippen molar-refractivity contribution in [1.82, 2.24) is 0 Å². The third kappa shape index (κ3) is 3.77. The van der Waals surface area contributed by atoms with Gasteiger partial charge in [0.05, 0.1) is 0 Å². The highest BCUT2D eigenvalue weighted by atomic mass is 16.3. The Balaban J connectivity index is 2.61. The quantitative estimate of drug-likeness (QED) is 0.353. The highest BCUT2D eigenvalue weighted by Gasteiger charge is 2.00. The average Bonchev–Trinajstić information content (AvgIpc) is 2.27. The van der Waals surface area contributed by atoms with E-state index >= 15 is 0 Å². The fraction of sp³-hybridized carbons (Fsp3) is 0.364. The smallest absolute Gasteiger partial charge is 0.308 e. The van der Waals surface area contributed by atoms with Gasteiger partial charge in [-0.2, -0.15) is 0 Å². The molecule has 0 saturated heterocycles. The highest BCUT2D eigenvalue weighted by molar-refractivity contribution is 5.69.